The monoisotopic (exact) mass is 283 g/mol. The van der Waals surface area contributed by atoms with E-state index < -0.39 is 0 Å². The van der Waals surface area contributed by atoms with Gasteiger partial charge in [0.2, 0.25) is 0 Å². The fourth-order valence-corrected chi connectivity index (χ4v) is 2.86. The van der Waals surface area contributed by atoms with E-state index in [1.54, 1.807) is 7.11 Å². The van der Waals surface area contributed by atoms with Gasteiger partial charge in [-0.15, -0.1) is 0 Å². The summed E-state index contributed by atoms with van der Waals surface area (Å²) in [6.07, 6.45) is 1.92. The largest absolute Gasteiger partial charge is 0.497 e. The average molecular weight is 283 g/mol. The van der Waals surface area contributed by atoms with Crippen molar-refractivity contribution in [2.45, 2.75) is 18.8 Å². The molecular formula is C18H21NO2. The summed E-state index contributed by atoms with van der Waals surface area (Å²) in [4.78, 5) is 0. The molecule has 1 unspecified atom stereocenters. The van der Waals surface area contributed by atoms with Gasteiger partial charge in [0.1, 0.15) is 11.5 Å². The first kappa shape index (κ1) is 14.0. The molecule has 1 atom stereocenters. The summed E-state index contributed by atoms with van der Waals surface area (Å²) in [5, 5.41) is 0. The molecule has 1 aliphatic rings. The van der Waals surface area contributed by atoms with Gasteiger partial charge in [-0.1, -0.05) is 30.3 Å². The van der Waals surface area contributed by atoms with Gasteiger partial charge >= 0.3 is 0 Å². The van der Waals surface area contributed by atoms with Crippen LogP contribution in [0.2, 0.25) is 0 Å². The highest BCUT2D eigenvalue weighted by molar-refractivity contribution is 5.42. The van der Waals surface area contributed by atoms with Crippen LogP contribution in [0.1, 0.15) is 22.6 Å². The highest BCUT2D eigenvalue weighted by atomic mass is 16.5. The third-order valence-corrected chi connectivity index (χ3v) is 4.09. The maximum absolute atomic E-state index is 6.06. The Bertz CT molecular complexity index is 624. The number of benzene rings is 2. The van der Waals surface area contributed by atoms with Crippen LogP contribution in [0.4, 0.5) is 0 Å². The van der Waals surface area contributed by atoms with Gasteiger partial charge in [-0.05, 0) is 42.1 Å². The van der Waals surface area contributed by atoms with Gasteiger partial charge in [-0.25, -0.2) is 0 Å². The summed E-state index contributed by atoms with van der Waals surface area (Å²) in [7, 11) is 1.67. The minimum Gasteiger partial charge on any atom is -0.497 e. The van der Waals surface area contributed by atoms with Crippen LogP contribution in [0.3, 0.4) is 0 Å². The van der Waals surface area contributed by atoms with Crippen LogP contribution in [-0.2, 0) is 12.8 Å². The number of hydrogen-bond acceptors (Lipinski definition) is 3. The molecular weight excluding hydrogens is 262 g/mol. The number of fused-ring (bicyclic) bond motifs is 1. The molecule has 110 valence electrons. The summed E-state index contributed by atoms with van der Waals surface area (Å²) in [5.74, 6) is 2.21. The van der Waals surface area contributed by atoms with Crippen molar-refractivity contribution in [1.82, 2.24) is 0 Å². The first-order valence-corrected chi connectivity index (χ1v) is 7.39. The molecule has 0 radical (unpaired) electrons. The van der Waals surface area contributed by atoms with E-state index in [1.165, 1.54) is 11.1 Å². The van der Waals surface area contributed by atoms with Gasteiger partial charge in [0.15, 0.2) is 0 Å². The van der Waals surface area contributed by atoms with Crippen LogP contribution in [0, 0.1) is 0 Å². The third kappa shape index (κ3) is 2.88. The maximum atomic E-state index is 6.06. The Kier molecular flexibility index (Phi) is 4.11. The minimum atomic E-state index is 0.498. The lowest BCUT2D eigenvalue weighted by molar-refractivity contribution is 0.271. The Morgan fingerprint density at radius 1 is 1.19 bits per heavy atom. The second-order valence-corrected chi connectivity index (χ2v) is 5.42. The second-order valence-electron chi connectivity index (χ2n) is 5.42. The van der Waals surface area contributed by atoms with E-state index >= 15 is 0 Å². The van der Waals surface area contributed by atoms with Crippen LogP contribution in [-0.4, -0.2) is 20.3 Å². The van der Waals surface area contributed by atoms with Crippen LogP contribution in [0.15, 0.2) is 42.5 Å². The fraction of sp³-hybridized carbons (Fsp3) is 0.333. The summed E-state index contributed by atoms with van der Waals surface area (Å²) in [6, 6.07) is 14.5. The van der Waals surface area contributed by atoms with E-state index in [2.05, 4.69) is 24.3 Å². The van der Waals surface area contributed by atoms with Gasteiger partial charge in [-0.3, -0.25) is 0 Å². The quantitative estimate of drug-likeness (QED) is 0.886. The highest BCUT2D eigenvalue weighted by Crippen LogP contribution is 2.36. The normalized spacial score (nSPS) is 16.0. The third-order valence-electron chi connectivity index (χ3n) is 4.09. The lowest BCUT2D eigenvalue weighted by Crippen LogP contribution is -2.23. The van der Waals surface area contributed by atoms with Crippen molar-refractivity contribution in [3.63, 3.8) is 0 Å². The first-order valence-electron chi connectivity index (χ1n) is 7.39. The molecule has 0 bridgehead atoms. The Labute approximate surface area is 125 Å². The molecule has 0 aliphatic heterocycles. The number of nitrogens with two attached hydrogens (primary N) is 1. The van der Waals surface area contributed by atoms with Crippen molar-refractivity contribution in [3.8, 4) is 11.5 Å². The van der Waals surface area contributed by atoms with E-state index in [9.17, 15) is 0 Å². The number of methoxy groups -OCH3 is 1. The standard InChI is InChI=1S/C18H21NO2/c1-20-16-7-6-13(8-9-19)18(11-16)21-12-15-10-14-4-2-3-5-17(14)15/h2-7,11,15H,8-10,12,19H2,1H3. The molecule has 21 heavy (non-hydrogen) atoms. The van der Waals surface area contributed by atoms with Crippen molar-refractivity contribution in [3.05, 3.63) is 59.2 Å². The summed E-state index contributed by atoms with van der Waals surface area (Å²) < 4.78 is 11.3. The van der Waals surface area contributed by atoms with Gasteiger partial charge in [-0.2, -0.15) is 0 Å². The molecule has 1 aliphatic carbocycles. The molecule has 3 rings (SSSR count). The molecule has 2 aromatic carbocycles. The molecule has 0 heterocycles. The fourth-order valence-electron chi connectivity index (χ4n) is 2.86. The zero-order chi connectivity index (χ0) is 14.7. The van der Waals surface area contributed by atoms with Crippen LogP contribution in [0.25, 0.3) is 0 Å². The summed E-state index contributed by atoms with van der Waals surface area (Å²) >= 11 is 0. The number of hydrogen-bond donors (Lipinski definition) is 1. The molecule has 2 aromatic rings. The van der Waals surface area contributed by atoms with Gasteiger partial charge in [0, 0.05) is 12.0 Å². The van der Waals surface area contributed by atoms with Crippen LogP contribution < -0.4 is 15.2 Å². The molecule has 0 fully saturated rings. The van der Waals surface area contributed by atoms with E-state index in [0.29, 0.717) is 19.1 Å². The predicted octanol–water partition coefficient (Wildman–Crippen LogP) is 2.92. The molecule has 0 saturated heterocycles. The van der Waals surface area contributed by atoms with Crippen LogP contribution >= 0.6 is 0 Å². The topological polar surface area (TPSA) is 44.5 Å². The summed E-state index contributed by atoms with van der Waals surface area (Å²) in [6.45, 7) is 1.33. The molecule has 0 saturated carbocycles. The number of rotatable bonds is 6. The Morgan fingerprint density at radius 2 is 2.05 bits per heavy atom. The molecule has 0 aromatic heterocycles. The molecule has 0 amide bonds. The zero-order valence-corrected chi connectivity index (χ0v) is 12.3. The average Bonchev–Trinajstić information content (AvgIpc) is 2.50. The van der Waals surface area contributed by atoms with Crippen molar-refractivity contribution in [1.29, 1.82) is 0 Å². The SMILES string of the molecule is COc1ccc(CCN)c(OCC2Cc3ccccc32)c1. The van der Waals surface area contributed by atoms with Crippen LogP contribution in [0.5, 0.6) is 11.5 Å². The predicted molar refractivity (Wildman–Crippen MR) is 84.1 cm³/mol. The lowest BCUT2D eigenvalue weighted by Gasteiger charge is -2.30. The Morgan fingerprint density at radius 3 is 2.81 bits per heavy atom. The van der Waals surface area contributed by atoms with Gasteiger partial charge < -0.3 is 15.2 Å². The van der Waals surface area contributed by atoms with Crippen molar-refractivity contribution in [2.75, 3.05) is 20.3 Å². The van der Waals surface area contributed by atoms with E-state index in [0.717, 1.165) is 29.9 Å². The maximum Gasteiger partial charge on any atom is 0.126 e. The number of ether oxygens (including phenoxy) is 2. The highest BCUT2D eigenvalue weighted by Gasteiger charge is 2.26. The molecule has 2 N–H and O–H groups in total. The smallest absolute Gasteiger partial charge is 0.126 e. The Hall–Kier alpha value is -2.00. The van der Waals surface area contributed by atoms with Gasteiger partial charge in [0.05, 0.1) is 13.7 Å². The lowest BCUT2D eigenvalue weighted by atomic mass is 9.78. The van der Waals surface area contributed by atoms with Crippen molar-refractivity contribution >= 4 is 0 Å². The van der Waals surface area contributed by atoms with E-state index in [-0.39, 0.29) is 0 Å². The zero-order valence-electron chi connectivity index (χ0n) is 12.3. The summed E-state index contributed by atoms with van der Waals surface area (Å²) in [5.41, 5.74) is 9.67. The van der Waals surface area contributed by atoms with Crippen molar-refractivity contribution in [2.24, 2.45) is 5.73 Å². The molecule has 3 nitrogen and oxygen atoms in total. The molecule has 3 heteroatoms. The molecule has 0 spiro atoms. The Balaban J connectivity index is 1.70. The van der Waals surface area contributed by atoms with Crippen molar-refractivity contribution < 1.29 is 9.47 Å². The minimum absolute atomic E-state index is 0.498. The first-order chi connectivity index (χ1) is 10.3. The van der Waals surface area contributed by atoms with E-state index in [1.807, 2.05) is 18.2 Å². The second kappa shape index (κ2) is 6.19. The van der Waals surface area contributed by atoms with Gasteiger partial charge in [0.25, 0.3) is 0 Å². The van der Waals surface area contributed by atoms with E-state index in [4.69, 9.17) is 15.2 Å².